The van der Waals surface area contributed by atoms with Crippen molar-refractivity contribution in [1.29, 1.82) is 0 Å². The van der Waals surface area contributed by atoms with Gasteiger partial charge in [-0.1, -0.05) is 15.9 Å². The van der Waals surface area contributed by atoms with E-state index in [0.717, 1.165) is 23.1 Å². The fourth-order valence-corrected chi connectivity index (χ4v) is 3.07. The molecule has 3 nitrogen and oxygen atoms in total. The summed E-state index contributed by atoms with van der Waals surface area (Å²) in [5.41, 5.74) is 1.19. The summed E-state index contributed by atoms with van der Waals surface area (Å²) >= 11 is 3.49. The molecule has 0 saturated heterocycles. The SMILES string of the molecule is CC(C)(C[C@@H]1CCOc2ccc(Br)cc21)S(N)=O. The normalized spacial score (nSPS) is 21.0. The third-order valence-electron chi connectivity index (χ3n) is 3.42. The van der Waals surface area contributed by atoms with Crippen LogP contribution in [0.5, 0.6) is 5.75 Å². The van der Waals surface area contributed by atoms with E-state index >= 15 is 0 Å². The zero-order valence-corrected chi connectivity index (χ0v) is 13.0. The van der Waals surface area contributed by atoms with E-state index in [1.54, 1.807) is 0 Å². The van der Waals surface area contributed by atoms with Crippen molar-refractivity contribution in [2.45, 2.75) is 37.4 Å². The smallest absolute Gasteiger partial charge is 0.122 e. The molecule has 0 bridgehead atoms. The second kappa shape index (κ2) is 5.31. The van der Waals surface area contributed by atoms with E-state index < -0.39 is 11.0 Å². The first-order chi connectivity index (χ1) is 8.40. The van der Waals surface area contributed by atoms with E-state index in [1.807, 2.05) is 26.0 Å². The zero-order chi connectivity index (χ0) is 13.3. The van der Waals surface area contributed by atoms with Gasteiger partial charge in [-0.2, -0.15) is 0 Å². The predicted molar refractivity (Wildman–Crippen MR) is 78.0 cm³/mol. The van der Waals surface area contributed by atoms with Gasteiger partial charge >= 0.3 is 0 Å². The summed E-state index contributed by atoms with van der Waals surface area (Å²) < 4.78 is 17.9. The molecule has 1 aromatic carbocycles. The molecule has 100 valence electrons. The van der Waals surface area contributed by atoms with Crippen LogP contribution in [0.25, 0.3) is 0 Å². The van der Waals surface area contributed by atoms with Gasteiger partial charge in [0.2, 0.25) is 0 Å². The maximum atomic E-state index is 11.6. The van der Waals surface area contributed by atoms with Crippen LogP contribution in [0, 0.1) is 0 Å². The van der Waals surface area contributed by atoms with E-state index in [0.29, 0.717) is 12.5 Å². The van der Waals surface area contributed by atoms with Gasteiger partial charge in [-0.05, 0) is 56.4 Å². The van der Waals surface area contributed by atoms with Crippen molar-refractivity contribution in [1.82, 2.24) is 0 Å². The van der Waals surface area contributed by atoms with Crippen molar-refractivity contribution >= 4 is 26.9 Å². The summed E-state index contributed by atoms with van der Waals surface area (Å²) in [6.45, 7) is 4.62. The molecule has 0 amide bonds. The lowest BCUT2D eigenvalue weighted by Crippen LogP contribution is -2.34. The summed E-state index contributed by atoms with van der Waals surface area (Å²) in [5, 5.41) is 5.57. The zero-order valence-electron chi connectivity index (χ0n) is 10.6. The van der Waals surface area contributed by atoms with Gasteiger partial charge in [0.05, 0.1) is 22.3 Å². The van der Waals surface area contributed by atoms with Gasteiger partial charge in [-0.25, -0.2) is 4.21 Å². The van der Waals surface area contributed by atoms with Crippen molar-refractivity contribution in [2.24, 2.45) is 5.14 Å². The molecule has 2 atom stereocenters. The van der Waals surface area contributed by atoms with Crippen LogP contribution >= 0.6 is 15.9 Å². The number of rotatable bonds is 3. The number of ether oxygens (including phenoxy) is 1. The minimum absolute atomic E-state index is 0.355. The Bertz CT molecular complexity index is 476. The first-order valence-corrected chi connectivity index (χ1v) is 7.99. The third-order valence-corrected chi connectivity index (χ3v) is 5.17. The van der Waals surface area contributed by atoms with Crippen molar-refractivity contribution < 1.29 is 8.95 Å². The Labute approximate surface area is 119 Å². The molecular formula is C13H18BrNO2S. The standard InChI is InChI=1S/C13H18BrNO2S/c1-13(2,18(15)16)8-9-5-6-17-12-4-3-10(14)7-11(9)12/h3-4,7,9H,5-6,8,15H2,1-2H3/t9-,18?/m0/s1. The van der Waals surface area contributed by atoms with Gasteiger partial charge in [0.15, 0.2) is 0 Å². The molecule has 1 heterocycles. The highest BCUT2D eigenvalue weighted by molar-refractivity contribution is 9.10. The summed E-state index contributed by atoms with van der Waals surface area (Å²) in [4.78, 5) is 0. The predicted octanol–water partition coefficient (Wildman–Crippen LogP) is 3.11. The monoisotopic (exact) mass is 331 g/mol. The maximum absolute atomic E-state index is 11.6. The third kappa shape index (κ3) is 2.95. The lowest BCUT2D eigenvalue weighted by Gasteiger charge is -2.31. The molecule has 5 heteroatoms. The number of hydrogen-bond donors (Lipinski definition) is 1. The Morgan fingerprint density at radius 2 is 2.28 bits per heavy atom. The quantitative estimate of drug-likeness (QED) is 0.925. The number of benzene rings is 1. The van der Waals surface area contributed by atoms with Gasteiger partial charge in [0.1, 0.15) is 5.75 Å². The molecule has 1 aliphatic heterocycles. The number of fused-ring (bicyclic) bond motifs is 1. The van der Waals surface area contributed by atoms with Crippen LogP contribution in [0.2, 0.25) is 0 Å². The van der Waals surface area contributed by atoms with E-state index in [-0.39, 0.29) is 4.75 Å². The van der Waals surface area contributed by atoms with Crippen LogP contribution in [0.1, 0.15) is 38.2 Å². The average Bonchev–Trinajstić information content (AvgIpc) is 2.29. The van der Waals surface area contributed by atoms with Crippen LogP contribution in [0.4, 0.5) is 0 Å². The molecule has 0 aromatic heterocycles. The van der Waals surface area contributed by atoms with Crippen LogP contribution < -0.4 is 9.88 Å². The Kier molecular flexibility index (Phi) is 4.14. The van der Waals surface area contributed by atoms with Crippen LogP contribution in [-0.4, -0.2) is 15.6 Å². The van der Waals surface area contributed by atoms with E-state index in [1.165, 1.54) is 5.56 Å². The first kappa shape index (κ1) is 14.0. The molecule has 0 radical (unpaired) electrons. The van der Waals surface area contributed by atoms with Gasteiger partial charge in [0.25, 0.3) is 0 Å². The summed E-state index contributed by atoms with van der Waals surface area (Å²) in [6.07, 6.45) is 1.76. The first-order valence-electron chi connectivity index (χ1n) is 5.99. The van der Waals surface area contributed by atoms with Crippen LogP contribution in [-0.2, 0) is 11.0 Å². The van der Waals surface area contributed by atoms with E-state index in [9.17, 15) is 4.21 Å². The topological polar surface area (TPSA) is 52.3 Å². The average molecular weight is 332 g/mol. The van der Waals surface area contributed by atoms with Gasteiger partial charge in [-0.15, -0.1) is 0 Å². The lowest BCUT2D eigenvalue weighted by atomic mass is 9.86. The van der Waals surface area contributed by atoms with Crippen LogP contribution in [0.15, 0.2) is 22.7 Å². The van der Waals surface area contributed by atoms with Crippen molar-refractivity contribution in [3.8, 4) is 5.75 Å². The molecule has 0 spiro atoms. The molecule has 0 fully saturated rings. The van der Waals surface area contributed by atoms with Crippen molar-refractivity contribution in [3.05, 3.63) is 28.2 Å². The van der Waals surface area contributed by atoms with Gasteiger partial charge in [-0.3, -0.25) is 5.14 Å². The lowest BCUT2D eigenvalue weighted by molar-refractivity contribution is 0.258. The molecule has 2 N–H and O–H groups in total. The van der Waals surface area contributed by atoms with E-state index in [2.05, 4.69) is 22.0 Å². The molecule has 0 saturated carbocycles. The number of hydrogen-bond acceptors (Lipinski definition) is 2. The Morgan fingerprint density at radius 1 is 1.56 bits per heavy atom. The fraction of sp³-hybridized carbons (Fsp3) is 0.538. The number of halogens is 1. The van der Waals surface area contributed by atoms with Gasteiger partial charge in [0, 0.05) is 4.47 Å². The molecule has 2 rings (SSSR count). The number of nitrogens with two attached hydrogens (primary N) is 1. The maximum Gasteiger partial charge on any atom is 0.122 e. The minimum Gasteiger partial charge on any atom is -0.493 e. The molecule has 0 aliphatic carbocycles. The van der Waals surface area contributed by atoms with Gasteiger partial charge < -0.3 is 4.74 Å². The highest BCUT2D eigenvalue weighted by Gasteiger charge is 2.31. The molecule has 1 unspecified atom stereocenters. The van der Waals surface area contributed by atoms with E-state index in [4.69, 9.17) is 9.88 Å². The highest BCUT2D eigenvalue weighted by Crippen LogP contribution is 2.40. The molecule has 1 aromatic rings. The molecule has 1 aliphatic rings. The Morgan fingerprint density at radius 3 is 2.94 bits per heavy atom. The summed E-state index contributed by atoms with van der Waals surface area (Å²) in [5.74, 6) is 1.29. The summed E-state index contributed by atoms with van der Waals surface area (Å²) in [7, 11) is -1.31. The molecule has 18 heavy (non-hydrogen) atoms. The summed E-state index contributed by atoms with van der Waals surface area (Å²) in [6, 6.07) is 6.06. The van der Waals surface area contributed by atoms with Crippen molar-refractivity contribution in [3.63, 3.8) is 0 Å². The Balaban J connectivity index is 2.27. The minimum atomic E-state index is -1.31. The van der Waals surface area contributed by atoms with Crippen LogP contribution in [0.3, 0.4) is 0 Å². The fourth-order valence-electron chi connectivity index (χ4n) is 2.32. The second-order valence-electron chi connectivity index (χ2n) is 5.28. The molecular weight excluding hydrogens is 314 g/mol. The highest BCUT2D eigenvalue weighted by atomic mass is 79.9. The second-order valence-corrected chi connectivity index (χ2v) is 7.89. The van der Waals surface area contributed by atoms with Crippen molar-refractivity contribution in [2.75, 3.05) is 6.61 Å². The Hall–Kier alpha value is -0.390. The largest absolute Gasteiger partial charge is 0.493 e.